The van der Waals surface area contributed by atoms with Gasteiger partial charge in [-0.05, 0) is 45.3 Å². The van der Waals surface area contributed by atoms with Gasteiger partial charge in [-0.2, -0.15) is 0 Å². The van der Waals surface area contributed by atoms with Crippen LogP contribution < -0.4 is 5.32 Å². The highest BCUT2D eigenvalue weighted by Crippen LogP contribution is 2.06. The highest BCUT2D eigenvalue weighted by molar-refractivity contribution is 5.85. The molecular formula is C11H20Cl2N2. The molecule has 2 rings (SSSR count). The average Bonchev–Trinajstić information content (AvgIpc) is 2.75. The molecule has 0 radical (unpaired) electrons. The Kier molecular flexibility index (Phi) is 8.27. The zero-order valence-corrected chi connectivity index (χ0v) is 10.6. The van der Waals surface area contributed by atoms with Crippen molar-refractivity contribution in [1.29, 1.82) is 0 Å². The smallest absolute Gasteiger partial charge is 0.0690 e. The maximum absolute atomic E-state index is 3.39. The molecule has 4 heteroatoms. The van der Waals surface area contributed by atoms with E-state index in [2.05, 4.69) is 22.1 Å². The molecule has 2 aliphatic heterocycles. The van der Waals surface area contributed by atoms with E-state index in [9.17, 15) is 0 Å². The number of hydrogen-bond donors (Lipinski definition) is 1. The first kappa shape index (κ1) is 15.1. The van der Waals surface area contributed by atoms with Gasteiger partial charge in [0.05, 0.1) is 12.6 Å². The van der Waals surface area contributed by atoms with Crippen LogP contribution in [0.15, 0.2) is 0 Å². The summed E-state index contributed by atoms with van der Waals surface area (Å²) >= 11 is 0. The Labute approximate surface area is 105 Å². The quantitative estimate of drug-likeness (QED) is 0.713. The first-order chi connectivity index (χ1) is 6.45. The Balaban J connectivity index is 0.000000980. The molecule has 0 bridgehead atoms. The highest BCUT2D eigenvalue weighted by atomic mass is 35.5. The summed E-state index contributed by atoms with van der Waals surface area (Å²) in [6.45, 7) is 4.65. The Morgan fingerprint density at radius 2 is 1.87 bits per heavy atom. The Morgan fingerprint density at radius 3 is 2.47 bits per heavy atom. The summed E-state index contributed by atoms with van der Waals surface area (Å²) in [7, 11) is 0. The van der Waals surface area contributed by atoms with Crippen molar-refractivity contribution in [3.8, 4) is 11.8 Å². The van der Waals surface area contributed by atoms with Gasteiger partial charge in [-0.1, -0.05) is 11.8 Å². The third kappa shape index (κ3) is 5.08. The molecule has 15 heavy (non-hydrogen) atoms. The van der Waals surface area contributed by atoms with E-state index in [1.165, 1.54) is 38.8 Å². The fraction of sp³-hybridized carbons (Fsp3) is 0.818. The van der Waals surface area contributed by atoms with Crippen molar-refractivity contribution in [2.24, 2.45) is 0 Å². The molecule has 0 spiro atoms. The fourth-order valence-corrected chi connectivity index (χ4v) is 2.03. The zero-order valence-electron chi connectivity index (χ0n) is 9.00. The topological polar surface area (TPSA) is 15.3 Å². The highest BCUT2D eigenvalue weighted by Gasteiger charge is 2.11. The molecule has 0 aromatic rings. The van der Waals surface area contributed by atoms with E-state index in [1.807, 2.05) is 0 Å². The van der Waals surface area contributed by atoms with Crippen molar-refractivity contribution in [2.45, 2.75) is 31.7 Å². The summed E-state index contributed by atoms with van der Waals surface area (Å²) in [6.07, 6.45) is 5.27. The summed E-state index contributed by atoms with van der Waals surface area (Å²) < 4.78 is 0. The Hall–Kier alpha value is 0.0600. The van der Waals surface area contributed by atoms with Gasteiger partial charge in [0.25, 0.3) is 0 Å². The van der Waals surface area contributed by atoms with Gasteiger partial charge in [0, 0.05) is 0 Å². The van der Waals surface area contributed by atoms with Crippen LogP contribution in [0, 0.1) is 11.8 Å². The summed E-state index contributed by atoms with van der Waals surface area (Å²) in [5, 5.41) is 3.39. The number of rotatable bonds is 1. The molecule has 88 valence electrons. The number of halogens is 2. The van der Waals surface area contributed by atoms with Crippen LogP contribution in [0.2, 0.25) is 0 Å². The molecule has 1 N–H and O–H groups in total. The number of nitrogens with zero attached hydrogens (tertiary/aromatic N) is 1. The predicted molar refractivity (Wildman–Crippen MR) is 69.0 cm³/mol. The van der Waals surface area contributed by atoms with Gasteiger partial charge < -0.3 is 5.32 Å². The molecule has 0 saturated carbocycles. The second kappa shape index (κ2) is 8.24. The summed E-state index contributed by atoms with van der Waals surface area (Å²) in [5.41, 5.74) is 0. The number of nitrogens with one attached hydrogen (secondary N) is 1. The van der Waals surface area contributed by atoms with Crippen LogP contribution in [0.4, 0.5) is 0 Å². The van der Waals surface area contributed by atoms with E-state index < -0.39 is 0 Å². The Bertz CT molecular complexity index is 210. The lowest BCUT2D eigenvalue weighted by atomic mass is 10.2. The van der Waals surface area contributed by atoms with E-state index >= 15 is 0 Å². The SMILES string of the molecule is C(#C[C@H]1CCCN1)CN1CCCC1.Cl.Cl. The van der Waals surface area contributed by atoms with Crippen LogP contribution in [-0.4, -0.2) is 37.1 Å². The normalized spacial score (nSPS) is 24.9. The molecule has 0 aromatic carbocycles. The van der Waals surface area contributed by atoms with Crippen molar-refractivity contribution in [3.05, 3.63) is 0 Å². The van der Waals surface area contributed by atoms with E-state index in [0.717, 1.165) is 13.1 Å². The van der Waals surface area contributed by atoms with E-state index in [-0.39, 0.29) is 24.8 Å². The van der Waals surface area contributed by atoms with Gasteiger partial charge >= 0.3 is 0 Å². The van der Waals surface area contributed by atoms with Crippen molar-refractivity contribution in [1.82, 2.24) is 10.2 Å². The van der Waals surface area contributed by atoms with Gasteiger partial charge in [-0.25, -0.2) is 0 Å². The fourth-order valence-electron chi connectivity index (χ4n) is 2.03. The average molecular weight is 251 g/mol. The minimum Gasteiger partial charge on any atom is -0.304 e. The maximum atomic E-state index is 3.39. The molecule has 2 saturated heterocycles. The molecule has 0 aliphatic carbocycles. The standard InChI is InChI=1S/C11H18N2.2ClH/c1-2-9-13(8-1)10-4-6-11-5-3-7-12-11;;/h11-12H,1-3,5,7-10H2;2*1H/t11-;;/m1../s1. The molecular weight excluding hydrogens is 231 g/mol. The first-order valence-corrected chi connectivity index (χ1v) is 5.39. The van der Waals surface area contributed by atoms with E-state index in [0.29, 0.717) is 6.04 Å². The third-order valence-corrected chi connectivity index (χ3v) is 2.84. The van der Waals surface area contributed by atoms with Crippen LogP contribution in [0.5, 0.6) is 0 Å². The van der Waals surface area contributed by atoms with Gasteiger partial charge in [-0.15, -0.1) is 24.8 Å². The zero-order chi connectivity index (χ0) is 8.93. The number of hydrogen-bond acceptors (Lipinski definition) is 2. The van der Waals surface area contributed by atoms with E-state index in [1.54, 1.807) is 0 Å². The summed E-state index contributed by atoms with van der Waals surface area (Å²) in [6, 6.07) is 0.489. The second-order valence-corrected chi connectivity index (χ2v) is 3.95. The first-order valence-electron chi connectivity index (χ1n) is 5.39. The molecule has 1 atom stereocenters. The monoisotopic (exact) mass is 250 g/mol. The van der Waals surface area contributed by atoms with Crippen LogP contribution in [0.3, 0.4) is 0 Å². The maximum Gasteiger partial charge on any atom is 0.0690 e. The number of likely N-dealkylation sites (tertiary alicyclic amines) is 1. The second-order valence-electron chi connectivity index (χ2n) is 3.95. The summed E-state index contributed by atoms with van der Waals surface area (Å²) in [5.74, 6) is 6.59. The largest absolute Gasteiger partial charge is 0.304 e. The van der Waals surface area contributed by atoms with Crippen LogP contribution in [-0.2, 0) is 0 Å². The van der Waals surface area contributed by atoms with E-state index in [4.69, 9.17) is 0 Å². The van der Waals surface area contributed by atoms with Gasteiger partial charge in [0.1, 0.15) is 0 Å². The van der Waals surface area contributed by atoms with Crippen LogP contribution >= 0.6 is 24.8 Å². The minimum absolute atomic E-state index is 0. The Morgan fingerprint density at radius 1 is 1.13 bits per heavy atom. The molecule has 0 unspecified atom stereocenters. The minimum atomic E-state index is 0. The lowest BCUT2D eigenvalue weighted by Gasteiger charge is -2.08. The molecule has 0 amide bonds. The molecule has 0 aromatic heterocycles. The molecule has 2 nitrogen and oxygen atoms in total. The lowest BCUT2D eigenvalue weighted by molar-refractivity contribution is 0.383. The molecule has 2 fully saturated rings. The predicted octanol–water partition coefficient (Wildman–Crippen LogP) is 1.68. The van der Waals surface area contributed by atoms with Crippen molar-refractivity contribution in [2.75, 3.05) is 26.2 Å². The lowest BCUT2D eigenvalue weighted by Crippen LogP contribution is -2.21. The van der Waals surface area contributed by atoms with Crippen molar-refractivity contribution < 1.29 is 0 Å². The van der Waals surface area contributed by atoms with Gasteiger partial charge in [0.2, 0.25) is 0 Å². The van der Waals surface area contributed by atoms with Crippen LogP contribution in [0.25, 0.3) is 0 Å². The van der Waals surface area contributed by atoms with Gasteiger partial charge in [-0.3, -0.25) is 4.90 Å². The van der Waals surface area contributed by atoms with Crippen molar-refractivity contribution in [3.63, 3.8) is 0 Å². The van der Waals surface area contributed by atoms with Gasteiger partial charge in [0.15, 0.2) is 0 Å². The third-order valence-electron chi connectivity index (χ3n) is 2.84. The van der Waals surface area contributed by atoms with Crippen molar-refractivity contribution >= 4 is 24.8 Å². The molecule has 2 heterocycles. The summed E-state index contributed by atoms with van der Waals surface area (Å²) in [4.78, 5) is 2.45. The van der Waals surface area contributed by atoms with Crippen LogP contribution in [0.1, 0.15) is 25.7 Å². The molecule has 2 aliphatic rings.